The average Bonchev–Trinajstić information content (AvgIpc) is 3.18. The molecule has 0 aliphatic heterocycles. The molecule has 0 saturated heterocycles. The minimum atomic E-state index is -0.543. The second-order valence-electron chi connectivity index (χ2n) is 7.12. The third kappa shape index (κ3) is 4.52. The van der Waals surface area contributed by atoms with Crippen LogP contribution in [0.4, 0.5) is 10.1 Å². The van der Waals surface area contributed by atoms with Gasteiger partial charge >= 0.3 is 0 Å². The SMILES string of the molecule is Cc1ccsc1CN(C(=O)CCn1cnc2ccccc2c1=O)c1ccc(F)c(Cl)c1. The van der Waals surface area contributed by atoms with Crippen molar-refractivity contribution in [3.63, 3.8) is 0 Å². The Hall–Kier alpha value is -3.03. The fourth-order valence-electron chi connectivity index (χ4n) is 3.30. The summed E-state index contributed by atoms with van der Waals surface area (Å²) in [5.41, 5.74) is 2.01. The van der Waals surface area contributed by atoms with Crippen LogP contribution in [-0.4, -0.2) is 15.5 Å². The van der Waals surface area contributed by atoms with Gasteiger partial charge in [0.15, 0.2) is 0 Å². The summed E-state index contributed by atoms with van der Waals surface area (Å²) in [7, 11) is 0. The van der Waals surface area contributed by atoms with E-state index in [1.807, 2.05) is 24.4 Å². The lowest BCUT2D eigenvalue weighted by Crippen LogP contribution is -2.32. The van der Waals surface area contributed by atoms with Crippen LogP contribution in [0.15, 0.2) is 65.0 Å². The third-order valence-electron chi connectivity index (χ3n) is 5.08. The maximum absolute atomic E-state index is 13.7. The minimum Gasteiger partial charge on any atom is -0.307 e. The molecular formula is C23H19ClFN3O2S. The molecule has 0 saturated carbocycles. The highest BCUT2D eigenvalue weighted by Gasteiger charge is 2.19. The molecule has 2 heterocycles. The summed E-state index contributed by atoms with van der Waals surface area (Å²) in [5.74, 6) is -0.741. The topological polar surface area (TPSA) is 55.2 Å². The normalized spacial score (nSPS) is 11.1. The molecule has 2 aromatic heterocycles. The van der Waals surface area contributed by atoms with Crippen LogP contribution in [0.2, 0.25) is 5.02 Å². The summed E-state index contributed by atoms with van der Waals surface area (Å²) in [6.07, 6.45) is 1.54. The molecule has 8 heteroatoms. The Labute approximate surface area is 187 Å². The highest BCUT2D eigenvalue weighted by atomic mass is 35.5. The summed E-state index contributed by atoms with van der Waals surface area (Å²) >= 11 is 7.51. The number of halogens is 2. The first-order valence-corrected chi connectivity index (χ1v) is 10.9. The number of amides is 1. The second kappa shape index (κ2) is 8.99. The molecule has 0 atom stereocenters. The number of nitrogens with zero attached hydrogens (tertiary/aromatic N) is 3. The number of para-hydroxylation sites is 1. The first-order valence-electron chi connectivity index (χ1n) is 9.66. The molecular weight excluding hydrogens is 437 g/mol. The van der Waals surface area contributed by atoms with Crippen LogP contribution in [0.5, 0.6) is 0 Å². The molecule has 0 aliphatic rings. The molecule has 0 bridgehead atoms. The lowest BCUT2D eigenvalue weighted by atomic mass is 10.2. The Morgan fingerprint density at radius 1 is 1.23 bits per heavy atom. The Kier molecular flexibility index (Phi) is 6.15. The number of thiophene rings is 1. The van der Waals surface area contributed by atoms with Crippen LogP contribution >= 0.6 is 22.9 Å². The largest absolute Gasteiger partial charge is 0.307 e. The smallest absolute Gasteiger partial charge is 0.261 e. The Morgan fingerprint density at radius 2 is 2.03 bits per heavy atom. The molecule has 0 spiro atoms. The van der Waals surface area contributed by atoms with Crippen molar-refractivity contribution in [1.29, 1.82) is 0 Å². The summed E-state index contributed by atoms with van der Waals surface area (Å²) in [4.78, 5) is 32.8. The molecule has 5 nitrogen and oxygen atoms in total. The summed E-state index contributed by atoms with van der Waals surface area (Å²) in [6.45, 7) is 2.51. The van der Waals surface area contributed by atoms with Gasteiger partial charge in [-0.25, -0.2) is 9.37 Å². The number of carbonyl (C=O) groups excluding carboxylic acids is 1. The number of benzene rings is 2. The van der Waals surface area contributed by atoms with E-state index in [-0.39, 0.29) is 29.5 Å². The predicted octanol–water partition coefficient (Wildman–Crippen LogP) is 5.18. The van der Waals surface area contributed by atoms with Gasteiger partial charge in [-0.3, -0.25) is 14.2 Å². The minimum absolute atomic E-state index is 0.0480. The summed E-state index contributed by atoms with van der Waals surface area (Å²) < 4.78 is 15.1. The van der Waals surface area contributed by atoms with Crippen LogP contribution in [-0.2, 0) is 17.9 Å². The van der Waals surface area contributed by atoms with Gasteiger partial charge in [-0.05, 0) is 54.3 Å². The van der Waals surface area contributed by atoms with Gasteiger partial charge in [0.25, 0.3) is 5.56 Å². The van der Waals surface area contributed by atoms with E-state index in [1.165, 1.54) is 29.1 Å². The van der Waals surface area contributed by atoms with E-state index in [9.17, 15) is 14.0 Å². The molecule has 0 radical (unpaired) electrons. The van der Waals surface area contributed by atoms with E-state index >= 15 is 0 Å². The molecule has 1 amide bonds. The van der Waals surface area contributed by atoms with Gasteiger partial charge in [-0.2, -0.15) is 0 Å². The number of aryl methyl sites for hydroxylation is 2. The zero-order valence-electron chi connectivity index (χ0n) is 16.7. The standard InChI is InChI=1S/C23H19ClFN3O2S/c1-15-9-11-31-21(15)13-28(16-6-7-19(25)18(24)12-16)22(29)8-10-27-14-26-20-5-3-2-4-17(20)23(27)30/h2-7,9,11-12,14H,8,10,13H2,1H3. The molecule has 4 aromatic rings. The molecule has 2 aromatic carbocycles. The van der Waals surface area contributed by atoms with Crippen LogP contribution < -0.4 is 10.5 Å². The monoisotopic (exact) mass is 455 g/mol. The van der Waals surface area contributed by atoms with Gasteiger partial charge in [-0.1, -0.05) is 23.7 Å². The molecule has 0 unspecified atom stereocenters. The first kappa shape index (κ1) is 21.2. The molecule has 0 fully saturated rings. The van der Waals surface area contributed by atoms with E-state index in [0.717, 1.165) is 10.4 Å². The van der Waals surface area contributed by atoms with Crippen LogP contribution in [0.25, 0.3) is 10.9 Å². The van der Waals surface area contributed by atoms with Gasteiger partial charge in [0.1, 0.15) is 5.82 Å². The van der Waals surface area contributed by atoms with Crippen molar-refractivity contribution in [2.24, 2.45) is 0 Å². The number of fused-ring (bicyclic) bond motifs is 1. The van der Waals surface area contributed by atoms with E-state index < -0.39 is 5.82 Å². The highest BCUT2D eigenvalue weighted by molar-refractivity contribution is 7.10. The van der Waals surface area contributed by atoms with Gasteiger partial charge in [0.05, 0.1) is 28.8 Å². The number of hydrogen-bond donors (Lipinski definition) is 0. The van der Waals surface area contributed by atoms with Crippen molar-refractivity contribution < 1.29 is 9.18 Å². The van der Waals surface area contributed by atoms with Gasteiger partial charge in [0, 0.05) is 23.5 Å². The number of carbonyl (C=O) groups is 1. The maximum atomic E-state index is 13.7. The van der Waals surface area contributed by atoms with Crippen LogP contribution in [0, 0.1) is 12.7 Å². The van der Waals surface area contributed by atoms with Gasteiger partial charge < -0.3 is 4.90 Å². The first-order chi connectivity index (χ1) is 14.9. The van der Waals surface area contributed by atoms with E-state index in [0.29, 0.717) is 23.1 Å². The van der Waals surface area contributed by atoms with Crippen LogP contribution in [0.1, 0.15) is 16.9 Å². The zero-order valence-corrected chi connectivity index (χ0v) is 18.3. The van der Waals surface area contributed by atoms with E-state index in [2.05, 4.69) is 4.98 Å². The van der Waals surface area contributed by atoms with E-state index in [4.69, 9.17) is 11.6 Å². The Morgan fingerprint density at radius 3 is 2.77 bits per heavy atom. The van der Waals surface area contributed by atoms with Crippen molar-refractivity contribution >= 4 is 45.4 Å². The number of aromatic nitrogens is 2. The van der Waals surface area contributed by atoms with Crippen molar-refractivity contribution in [2.75, 3.05) is 4.90 Å². The van der Waals surface area contributed by atoms with Crippen molar-refractivity contribution in [1.82, 2.24) is 9.55 Å². The number of anilines is 1. The molecule has 0 N–H and O–H groups in total. The van der Waals surface area contributed by atoms with Gasteiger partial charge in [-0.15, -0.1) is 11.3 Å². The maximum Gasteiger partial charge on any atom is 0.261 e. The van der Waals surface area contributed by atoms with Crippen molar-refractivity contribution in [2.45, 2.75) is 26.4 Å². The molecule has 0 aliphatic carbocycles. The Balaban J connectivity index is 1.60. The third-order valence-corrected chi connectivity index (χ3v) is 6.38. The quantitative estimate of drug-likeness (QED) is 0.402. The van der Waals surface area contributed by atoms with Crippen molar-refractivity contribution in [3.05, 3.63) is 91.9 Å². The van der Waals surface area contributed by atoms with Gasteiger partial charge in [0.2, 0.25) is 5.91 Å². The fourth-order valence-corrected chi connectivity index (χ4v) is 4.37. The predicted molar refractivity (Wildman–Crippen MR) is 122 cm³/mol. The molecule has 31 heavy (non-hydrogen) atoms. The Bertz CT molecular complexity index is 1320. The number of hydrogen-bond acceptors (Lipinski definition) is 4. The zero-order chi connectivity index (χ0) is 22.0. The van der Waals surface area contributed by atoms with Crippen molar-refractivity contribution in [3.8, 4) is 0 Å². The summed E-state index contributed by atoms with van der Waals surface area (Å²) in [5, 5.41) is 2.42. The van der Waals surface area contributed by atoms with E-state index in [1.54, 1.807) is 34.4 Å². The van der Waals surface area contributed by atoms with Crippen LogP contribution in [0.3, 0.4) is 0 Å². The molecule has 4 rings (SSSR count). The summed E-state index contributed by atoms with van der Waals surface area (Å²) in [6, 6.07) is 13.3. The second-order valence-corrected chi connectivity index (χ2v) is 8.52. The fraction of sp³-hybridized carbons (Fsp3) is 0.174. The lowest BCUT2D eigenvalue weighted by Gasteiger charge is -2.23. The highest BCUT2D eigenvalue weighted by Crippen LogP contribution is 2.27. The lowest BCUT2D eigenvalue weighted by molar-refractivity contribution is -0.119. The molecule has 158 valence electrons. The average molecular weight is 456 g/mol. The number of rotatable bonds is 6.